The average molecular weight is 230 g/mol. The highest BCUT2D eigenvalue weighted by atomic mass is 15.0. The predicted molar refractivity (Wildman–Crippen MR) is 67.6 cm³/mol. The van der Waals surface area contributed by atoms with Gasteiger partial charge in [0.05, 0.1) is 0 Å². The summed E-state index contributed by atoms with van der Waals surface area (Å²) >= 11 is 0. The molecule has 0 saturated heterocycles. The minimum absolute atomic E-state index is 0.346. The van der Waals surface area contributed by atoms with Crippen LogP contribution in [0.15, 0.2) is 36.9 Å². The van der Waals surface area contributed by atoms with Gasteiger partial charge in [0.1, 0.15) is 5.82 Å². The molecule has 0 radical (unpaired) electrons. The Hall–Kier alpha value is -1.68. The van der Waals surface area contributed by atoms with Crippen molar-refractivity contribution in [2.24, 2.45) is 7.05 Å². The summed E-state index contributed by atoms with van der Waals surface area (Å²) in [4.78, 5) is 8.32. The average Bonchev–Trinajstić information content (AvgIpc) is 2.76. The number of nitrogens with one attached hydrogen (secondary N) is 1. The molecule has 0 fully saturated rings. The largest absolute Gasteiger partial charge is 0.338 e. The molecule has 0 unspecified atom stereocenters. The van der Waals surface area contributed by atoms with E-state index in [0.29, 0.717) is 6.04 Å². The third-order valence-electron chi connectivity index (χ3n) is 2.93. The van der Waals surface area contributed by atoms with E-state index >= 15 is 0 Å². The summed E-state index contributed by atoms with van der Waals surface area (Å²) in [6.45, 7) is 3.09. The molecular weight excluding hydrogens is 212 g/mol. The summed E-state index contributed by atoms with van der Waals surface area (Å²) in [5.41, 5.74) is 1.26. The van der Waals surface area contributed by atoms with Gasteiger partial charge >= 0.3 is 0 Å². The Kier molecular flexibility index (Phi) is 3.88. The van der Waals surface area contributed by atoms with Crippen LogP contribution in [0.3, 0.4) is 0 Å². The van der Waals surface area contributed by atoms with Gasteiger partial charge in [0.2, 0.25) is 0 Å². The second-order valence-corrected chi connectivity index (χ2v) is 4.16. The van der Waals surface area contributed by atoms with Crippen LogP contribution >= 0.6 is 0 Å². The first-order valence-electron chi connectivity index (χ1n) is 5.87. The molecule has 0 bridgehead atoms. The lowest BCUT2D eigenvalue weighted by Gasteiger charge is -2.13. The minimum atomic E-state index is 0.346. The number of imidazole rings is 1. The van der Waals surface area contributed by atoms with Crippen LogP contribution < -0.4 is 5.32 Å². The van der Waals surface area contributed by atoms with Crippen molar-refractivity contribution in [2.45, 2.75) is 19.4 Å². The molecule has 0 aliphatic heterocycles. The van der Waals surface area contributed by atoms with E-state index in [4.69, 9.17) is 0 Å². The van der Waals surface area contributed by atoms with Gasteiger partial charge in [0.15, 0.2) is 0 Å². The minimum Gasteiger partial charge on any atom is -0.338 e. The SMILES string of the molecule is C[C@@H](NCCc1nccn1C)c1ccncc1. The third-order valence-corrected chi connectivity index (χ3v) is 2.93. The van der Waals surface area contributed by atoms with Gasteiger partial charge in [0, 0.05) is 50.8 Å². The Bertz CT molecular complexity index is 449. The van der Waals surface area contributed by atoms with Crippen molar-refractivity contribution in [1.82, 2.24) is 19.9 Å². The van der Waals surface area contributed by atoms with Crippen LogP contribution in [0, 0.1) is 0 Å². The van der Waals surface area contributed by atoms with E-state index in [1.54, 1.807) is 0 Å². The summed E-state index contributed by atoms with van der Waals surface area (Å²) in [6, 6.07) is 4.43. The van der Waals surface area contributed by atoms with Gasteiger partial charge in [-0.25, -0.2) is 4.98 Å². The number of hydrogen-bond donors (Lipinski definition) is 1. The molecule has 0 saturated carbocycles. The van der Waals surface area contributed by atoms with Gasteiger partial charge in [-0.1, -0.05) is 0 Å². The lowest BCUT2D eigenvalue weighted by Crippen LogP contribution is -2.22. The van der Waals surface area contributed by atoms with Crippen LogP contribution in [0.2, 0.25) is 0 Å². The van der Waals surface area contributed by atoms with E-state index in [-0.39, 0.29) is 0 Å². The van der Waals surface area contributed by atoms with Crippen molar-refractivity contribution >= 4 is 0 Å². The summed E-state index contributed by atoms with van der Waals surface area (Å²) in [6.07, 6.45) is 8.40. The molecule has 2 aromatic rings. The molecule has 4 nitrogen and oxygen atoms in total. The van der Waals surface area contributed by atoms with Crippen LogP contribution in [0.1, 0.15) is 24.4 Å². The van der Waals surface area contributed by atoms with Crippen LogP contribution in [0.5, 0.6) is 0 Å². The molecule has 2 rings (SSSR count). The maximum Gasteiger partial charge on any atom is 0.109 e. The second kappa shape index (κ2) is 5.59. The fraction of sp³-hybridized carbons (Fsp3) is 0.385. The third kappa shape index (κ3) is 3.14. The number of nitrogens with zero attached hydrogens (tertiary/aromatic N) is 3. The van der Waals surface area contributed by atoms with Crippen LogP contribution in [0.25, 0.3) is 0 Å². The lowest BCUT2D eigenvalue weighted by molar-refractivity contribution is 0.564. The maximum atomic E-state index is 4.30. The molecule has 17 heavy (non-hydrogen) atoms. The first-order chi connectivity index (χ1) is 8.27. The van der Waals surface area contributed by atoms with Gasteiger partial charge in [-0.05, 0) is 24.6 Å². The van der Waals surface area contributed by atoms with Crippen LogP contribution in [0.4, 0.5) is 0 Å². The predicted octanol–water partition coefficient (Wildman–Crippen LogP) is 1.71. The molecule has 0 aliphatic carbocycles. The monoisotopic (exact) mass is 230 g/mol. The fourth-order valence-corrected chi connectivity index (χ4v) is 1.81. The molecule has 0 aliphatic rings. The number of pyridine rings is 1. The molecule has 0 aromatic carbocycles. The Morgan fingerprint density at radius 3 is 2.71 bits per heavy atom. The van der Waals surface area contributed by atoms with Crippen molar-refractivity contribution in [1.29, 1.82) is 0 Å². The highest BCUT2D eigenvalue weighted by Crippen LogP contribution is 2.09. The van der Waals surface area contributed by atoms with Crippen LogP contribution in [-0.2, 0) is 13.5 Å². The zero-order chi connectivity index (χ0) is 12.1. The zero-order valence-corrected chi connectivity index (χ0v) is 10.3. The molecule has 2 heterocycles. The zero-order valence-electron chi connectivity index (χ0n) is 10.3. The van der Waals surface area contributed by atoms with Crippen molar-refractivity contribution in [2.75, 3.05) is 6.54 Å². The molecule has 0 amide bonds. The Morgan fingerprint density at radius 2 is 2.06 bits per heavy atom. The summed E-state index contributed by atoms with van der Waals surface area (Å²) in [5.74, 6) is 1.11. The Labute approximate surface area is 102 Å². The Balaban J connectivity index is 1.81. The summed E-state index contributed by atoms with van der Waals surface area (Å²) in [5, 5.41) is 3.48. The first-order valence-corrected chi connectivity index (χ1v) is 5.87. The Morgan fingerprint density at radius 1 is 1.29 bits per heavy atom. The molecule has 1 N–H and O–H groups in total. The van der Waals surface area contributed by atoms with Gasteiger partial charge in [0.25, 0.3) is 0 Å². The number of rotatable bonds is 5. The van der Waals surface area contributed by atoms with Crippen molar-refractivity contribution in [3.63, 3.8) is 0 Å². The highest BCUT2D eigenvalue weighted by Gasteiger charge is 2.04. The number of aryl methyl sites for hydroxylation is 1. The summed E-state index contributed by atoms with van der Waals surface area (Å²) < 4.78 is 2.05. The smallest absolute Gasteiger partial charge is 0.109 e. The maximum absolute atomic E-state index is 4.30. The lowest BCUT2D eigenvalue weighted by atomic mass is 10.1. The van der Waals surface area contributed by atoms with Gasteiger partial charge in [-0.2, -0.15) is 0 Å². The molecule has 90 valence electrons. The summed E-state index contributed by atoms with van der Waals surface area (Å²) in [7, 11) is 2.02. The van der Waals surface area contributed by atoms with Gasteiger partial charge in [-0.15, -0.1) is 0 Å². The molecule has 2 aromatic heterocycles. The van der Waals surface area contributed by atoms with Crippen LogP contribution in [-0.4, -0.2) is 21.1 Å². The second-order valence-electron chi connectivity index (χ2n) is 4.16. The standard InChI is InChI=1S/C13H18N4/c1-11(12-3-6-14-7-4-12)15-8-5-13-16-9-10-17(13)2/h3-4,6-7,9-11,15H,5,8H2,1-2H3/t11-/m1/s1. The van der Waals surface area contributed by atoms with E-state index in [2.05, 4.69) is 26.8 Å². The van der Waals surface area contributed by atoms with E-state index in [0.717, 1.165) is 18.8 Å². The van der Waals surface area contributed by atoms with Crippen molar-refractivity contribution in [3.8, 4) is 0 Å². The van der Waals surface area contributed by atoms with Crippen molar-refractivity contribution < 1.29 is 0 Å². The quantitative estimate of drug-likeness (QED) is 0.850. The normalized spacial score (nSPS) is 12.6. The van der Waals surface area contributed by atoms with Crippen molar-refractivity contribution in [3.05, 3.63) is 48.3 Å². The topological polar surface area (TPSA) is 42.7 Å². The number of hydrogen-bond acceptors (Lipinski definition) is 3. The van der Waals surface area contributed by atoms with E-state index in [9.17, 15) is 0 Å². The van der Waals surface area contributed by atoms with E-state index < -0.39 is 0 Å². The van der Waals surface area contributed by atoms with E-state index in [1.165, 1.54) is 5.56 Å². The highest BCUT2D eigenvalue weighted by molar-refractivity contribution is 5.13. The number of aromatic nitrogens is 3. The molecule has 0 spiro atoms. The molecule has 4 heteroatoms. The van der Waals surface area contributed by atoms with E-state index in [1.807, 2.05) is 44.0 Å². The molecule has 1 atom stereocenters. The first kappa shape index (κ1) is 11.8. The van der Waals surface area contributed by atoms with Gasteiger partial charge in [-0.3, -0.25) is 4.98 Å². The van der Waals surface area contributed by atoms with Gasteiger partial charge < -0.3 is 9.88 Å². The fourth-order valence-electron chi connectivity index (χ4n) is 1.81. The molecular formula is C13H18N4.